The van der Waals surface area contributed by atoms with E-state index in [0.29, 0.717) is 12.3 Å². The Morgan fingerprint density at radius 1 is 1.36 bits per heavy atom. The molecule has 0 radical (unpaired) electrons. The molecule has 0 aromatic carbocycles. The second-order valence-electron chi connectivity index (χ2n) is 4.22. The third-order valence-corrected chi connectivity index (χ3v) is 3.25. The maximum atomic E-state index is 12.3. The summed E-state index contributed by atoms with van der Waals surface area (Å²) >= 11 is 0. The van der Waals surface area contributed by atoms with Gasteiger partial charge in [-0.3, -0.25) is 0 Å². The van der Waals surface area contributed by atoms with Gasteiger partial charge in [0.15, 0.2) is 0 Å². The fourth-order valence-corrected chi connectivity index (χ4v) is 1.93. The first-order valence-electron chi connectivity index (χ1n) is 5.25. The predicted molar refractivity (Wildman–Crippen MR) is 50.0 cm³/mol. The summed E-state index contributed by atoms with van der Waals surface area (Å²) in [5, 5.41) is 3.01. The molecule has 1 fully saturated rings. The van der Waals surface area contributed by atoms with E-state index in [9.17, 15) is 13.2 Å². The van der Waals surface area contributed by atoms with Crippen molar-refractivity contribution in [1.29, 1.82) is 0 Å². The van der Waals surface area contributed by atoms with Gasteiger partial charge in [0.1, 0.15) is 0 Å². The lowest BCUT2D eigenvalue weighted by Crippen LogP contribution is -2.46. The Bertz CT molecular complexity index is 171. The lowest BCUT2D eigenvalue weighted by Gasteiger charge is -2.34. The number of hydrogen-bond donors (Lipinski definition) is 1. The van der Waals surface area contributed by atoms with Gasteiger partial charge in [0.2, 0.25) is 0 Å². The molecular formula is C10H18F3N. The first-order chi connectivity index (χ1) is 6.45. The molecule has 0 aromatic rings. The molecule has 84 valence electrons. The van der Waals surface area contributed by atoms with Crippen molar-refractivity contribution in [2.45, 2.75) is 45.3 Å². The maximum absolute atomic E-state index is 12.3. The summed E-state index contributed by atoms with van der Waals surface area (Å²) in [6.07, 6.45) is -2.06. The van der Waals surface area contributed by atoms with Crippen molar-refractivity contribution in [2.75, 3.05) is 6.54 Å². The van der Waals surface area contributed by atoms with Crippen molar-refractivity contribution in [3.8, 4) is 0 Å². The molecule has 1 heterocycles. The molecule has 0 amide bonds. The van der Waals surface area contributed by atoms with E-state index in [1.165, 1.54) is 0 Å². The molecule has 1 rings (SSSR count). The van der Waals surface area contributed by atoms with Gasteiger partial charge in [-0.1, -0.05) is 20.3 Å². The second kappa shape index (κ2) is 4.51. The molecule has 0 aromatic heterocycles. The zero-order valence-corrected chi connectivity index (χ0v) is 8.69. The normalized spacial score (nSPS) is 31.5. The smallest absolute Gasteiger partial charge is 0.313 e. The van der Waals surface area contributed by atoms with Gasteiger partial charge in [-0.2, -0.15) is 13.2 Å². The number of piperidine rings is 1. The highest BCUT2D eigenvalue weighted by Crippen LogP contribution is 2.33. The van der Waals surface area contributed by atoms with Gasteiger partial charge in [0.05, 0.1) is 5.92 Å². The highest BCUT2D eigenvalue weighted by atomic mass is 19.4. The molecule has 1 saturated heterocycles. The number of halogens is 3. The van der Waals surface area contributed by atoms with Crippen molar-refractivity contribution in [3.05, 3.63) is 0 Å². The minimum Gasteiger partial charge on any atom is -0.313 e. The van der Waals surface area contributed by atoms with Crippen LogP contribution in [-0.2, 0) is 0 Å². The standard InChI is InChI=1S/C10H18F3N/c1-3-7(2)9-5-4-8(6-14-9)10(11,12)13/h7-9,14H,3-6H2,1-2H3. The van der Waals surface area contributed by atoms with E-state index in [-0.39, 0.29) is 19.0 Å². The van der Waals surface area contributed by atoms with E-state index in [0.717, 1.165) is 6.42 Å². The van der Waals surface area contributed by atoms with Crippen LogP contribution in [0.25, 0.3) is 0 Å². The maximum Gasteiger partial charge on any atom is 0.393 e. The van der Waals surface area contributed by atoms with Gasteiger partial charge in [-0.05, 0) is 18.8 Å². The molecule has 3 unspecified atom stereocenters. The van der Waals surface area contributed by atoms with Gasteiger partial charge in [-0.25, -0.2) is 0 Å². The van der Waals surface area contributed by atoms with E-state index >= 15 is 0 Å². The van der Waals surface area contributed by atoms with Crippen LogP contribution in [0.3, 0.4) is 0 Å². The summed E-state index contributed by atoms with van der Waals surface area (Å²) < 4.78 is 36.9. The van der Waals surface area contributed by atoms with E-state index in [4.69, 9.17) is 0 Å². The Hall–Kier alpha value is -0.250. The molecule has 1 nitrogen and oxygen atoms in total. The van der Waals surface area contributed by atoms with Gasteiger partial charge in [0, 0.05) is 12.6 Å². The van der Waals surface area contributed by atoms with Crippen LogP contribution < -0.4 is 5.32 Å². The Labute approximate surface area is 83.1 Å². The van der Waals surface area contributed by atoms with Crippen LogP contribution in [-0.4, -0.2) is 18.8 Å². The summed E-state index contributed by atoms with van der Waals surface area (Å²) in [6.45, 7) is 4.26. The highest BCUT2D eigenvalue weighted by Gasteiger charge is 2.41. The summed E-state index contributed by atoms with van der Waals surface area (Å²) in [5.41, 5.74) is 0. The molecule has 3 atom stereocenters. The van der Waals surface area contributed by atoms with E-state index in [2.05, 4.69) is 19.2 Å². The predicted octanol–water partition coefficient (Wildman–Crippen LogP) is 2.96. The average Bonchev–Trinajstić information content (AvgIpc) is 2.15. The van der Waals surface area contributed by atoms with E-state index in [1.54, 1.807) is 0 Å². The van der Waals surface area contributed by atoms with Crippen molar-refractivity contribution >= 4 is 0 Å². The van der Waals surface area contributed by atoms with Crippen LogP contribution in [0.15, 0.2) is 0 Å². The third kappa shape index (κ3) is 2.87. The monoisotopic (exact) mass is 209 g/mol. The zero-order valence-electron chi connectivity index (χ0n) is 8.69. The quantitative estimate of drug-likeness (QED) is 0.737. The number of rotatable bonds is 2. The molecule has 0 spiro atoms. The first-order valence-corrected chi connectivity index (χ1v) is 5.25. The summed E-state index contributed by atoms with van der Waals surface area (Å²) in [7, 11) is 0. The number of hydrogen-bond acceptors (Lipinski definition) is 1. The minimum absolute atomic E-state index is 0.0957. The lowest BCUT2D eigenvalue weighted by molar-refractivity contribution is -0.180. The fraction of sp³-hybridized carbons (Fsp3) is 1.00. The van der Waals surface area contributed by atoms with Gasteiger partial charge in [-0.15, -0.1) is 0 Å². The molecule has 14 heavy (non-hydrogen) atoms. The minimum atomic E-state index is -4.02. The van der Waals surface area contributed by atoms with Gasteiger partial charge < -0.3 is 5.32 Å². The highest BCUT2D eigenvalue weighted by molar-refractivity contribution is 4.83. The van der Waals surface area contributed by atoms with Crippen molar-refractivity contribution in [1.82, 2.24) is 5.32 Å². The van der Waals surface area contributed by atoms with Crippen LogP contribution in [0.2, 0.25) is 0 Å². The van der Waals surface area contributed by atoms with Crippen LogP contribution in [0.1, 0.15) is 33.1 Å². The lowest BCUT2D eigenvalue weighted by atomic mass is 9.87. The SMILES string of the molecule is CCC(C)C1CCC(C(F)(F)F)CN1. The summed E-state index contributed by atoms with van der Waals surface area (Å²) in [4.78, 5) is 0. The Morgan fingerprint density at radius 2 is 2.00 bits per heavy atom. The molecule has 1 aliphatic rings. The van der Waals surface area contributed by atoms with Gasteiger partial charge in [0.25, 0.3) is 0 Å². The van der Waals surface area contributed by atoms with Crippen molar-refractivity contribution < 1.29 is 13.2 Å². The van der Waals surface area contributed by atoms with Crippen LogP contribution in [0, 0.1) is 11.8 Å². The Balaban J connectivity index is 2.39. The molecule has 1 N–H and O–H groups in total. The van der Waals surface area contributed by atoms with Gasteiger partial charge >= 0.3 is 6.18 Å². The van der Waals surface area contributed by atoms with E-state index in [1.807, 2.05) is 0 Å². The van der Waals surface area contributed by atoms with E-state index < -0.39 is 12.1 Å². The Kier molecular flexibility index (Phi) is 3.81. The van der Waals surface area contributed by atoms with Crippen molar-refractivity contribution in [3.63, 3.8) is 0 Å². The summed E-state index contributed by atoms with van der Waals surface area (Å²) in [6, 6.07) is 0.276. The zero-order chi connectivity index (χ0) is 10.8. The fourth-order valence-electron chi connectivity index (χ4n) is 1.93. The average molecular weight is 209 g/mol. The molecule has 4 heteroatoms. The van der Waals surface area contributed by atoms with Crippen molar-refractivity contribution in [2.24, 2.45) is 11.8 Å². The molecular weight excluding hydrogens is 191 g/mol. The first kappa shape index (κ1) is 11.8. The third-order valence-electron chi connectivity index (χ3n) is 3.25. The number of alkyl halides is 3. The summed E-state index contributed by atoms with van der Waals surface area (Å²) in [5.74, 6) is -0.660. The molecule has 0 bridgehead atoms. The largest absolute Gasteiger partial charge is 0.393 e. The Morgan fingerprint density at radius 3 is 2.36 bits per heavy atom. The number of nitrogens with one attached hydrogen (secondary N) is 1. The van der Waals surface area contributed by atoms with Crippen LogP contribution in [0.4, 0.5) is 13.2 Å². The van der Waals surface area contributed by atoms with Crippen LogP contribution >= 0.6 is 0 Å². The van der Waals surface area contributed by atoms with Crippen LogP contribution in [0.5, 0.6) is 0 Å². The topological polar surface area (TPSA) is 12.0 Å². The molecule has 0 saturated carbocycles. The second-order valence-corrected chi connectivity index (χ2v) is 4.22. The molecule has 0 aliphatic carbocycles. The molecule has 1 aliphatic heterocycles.